The fraction of sp³-hybridized carbons (Fsp3) is 0.973. The van der Waals surface area contributed by atoms with E-state index in [2.05, 4.69) is 18.8 Å². The number of nitrogens with one attached hydrogen (secondary N) is 1. The van der Waals surface area contributed by atoms with Crippen molar-refractivity contribution in [3.63, 3.8) is 0 Å². The maximum Gasteiger partial charge on any atom is 0.188 e. The molecular formula is C37H75NO3SSi. The highest BCUT2D eigenvalue weighted by Gasteiger charge is 2.18. The number of rotatable bonds is 31. The average molecular weight is 642 g/mol. The van der Waals surface area contributed by atoms with Crippen molar-refractivity contribution < 1.29 is 14.3 Å². The number of hydrogen-bond acceptors (Lipinski definition) is 5. The molecule has 1 fully saturated rings. The summed E-state index contributed by atoms with van der Waals surface area (Å²) in [5.74, 6) is 1.02. The van der Waals surface area contributed by atoms with Crippen molar-refractivity contribution >= 4 is 25.8 Å². The Labute approximate surface area is 275 Å². The van der Waals surface area contributed by atoms with Crippen molar-refractivity contribution in [2.75, 3.05) is 25.7 Å². The van der Waals surface area contributed by atoms with E-state index in [1.807, 2.05) is 0 Å². The van der Waals surface area contributed by atoms with E-state index in [0.717, 1.165) is 38.2 Å². The van der Waals surface area contributed by atoms with E-state index >= 15 is 0 Å². The van der Waals surface area contributed by atoms with Crippen LogP contribution in [0.1, 0.15) is 187 Å². The maximum atomic E-state index is 12.2. The lowest BCUT2D eigenvalue weighted by atomic mass is 10.0. The average Bonchev–Trinajstić information content (AvgIpc) is 2.99. The molecule has 1 heterocycles. The molecule has 0 amide bonds. The Balaban J connectivity index is 1.85. The predicted molar refractivity (Wildman–Crippen MR) is 194 cm³/mol. The molecule has 256 valence electrons. The van der Waals surface area contributed by atoms with E-state index in [-0.39, 0.29) is 0 Å². The molecule has 43 heavy (non-hydrogen) atoms. The summed E-state index contributed by atoms with van der Waals surface area (Å²) in [4.78, 5) is 16.1. The molecule has 2 unspecified atom stereocenters. The third-order valence-electron chi connectivity index (χ3n) is 9.20. The molecule has 1 N–H and O–H groups in total. The summed E-state index contributed by atoms with van der Waals surface area (Å²) in [5.41, 5.74) is 0. The Morgan fingerprint density at radius 1 is 0.698 bits per heavy atom. The first-order valence-electron chi connectivity index (χ1n) is 19.3. The van der Waals surface area contributed by atoms with Gasteiger partial charge in [-0.15, -0.1) is 0 Å². The van der Waals surface area contributed by atoms with Crippen LogP contribution in [0.5, 0.6) is 0 Å². The molecule has 0 saturated carbocycles. The van der Waals surface area contributed by atoms with Crippen LogP contribution in [0.4, 0.5) is 0 Å². The van der Waals surface area contributed by atoms with Crippen LogP contribution in [0, 0.1) is 0 Å². The molecule has 0 spiro atoms. The lowest BCUT2D eigenvalue weighted by molar-refractivity contribution is -0.111. The fourth-order valence-corrected chi connectivity index (χ4v) is 10.1. The van der Waals surface area contributed by atoms with Gasteiger partial charge < -0.3 is 14.5 Å². The fourth-order valence-electron chi connectivity index (χ4n) is 6.29. The van der Waals surface area contributed by atoms with Gasteiger partial charge >= 0.3 is 0 Å². The first-order chi connectivity index (χ1) is 21.3. The van der Waals surface area contributed by atoms with Crippen molar-refractivity contribution in [2.24, 2.45) is 0 Å². The van der Waals surface area contributed by atoms with Crippen molar-refractivity contribution in [3.05, 3.63) is 0 Å². The molecule has 0 aromatic carbocycles. The normalized spacial score (nSPS) is 17.6. The molecule has 4 nitrogen and oxygen atoms in total. The van der Waals surface area contributed by atoms with Gasteiger partial charge in [0.25, 0.3) is 0 Å². The monoisotopic (exact) mass is 642 g/mol. The SMILES string of the molecule is CCCCCCCCCCCCCCCOCOC1CCC[SiH](CCCSC(=O)CCCCCCCCCCC)NCC1. The van der Waals surface area contributed by atoms with Gasteiger partial charge in [-0.3, -0.25) is 4.79 Å². The van der Waals surface area contributed by atoms with E-state index in [0.29, 0.717) is 18.0 Å². The van der Waals surface area contributed by atoms with Crippen LogP contribution in [0.25, 0.3) is 0 Å². The minimum Gasteiger partial charge on any atom is -0.355 e. The number of hydrogen-bond donors (Lipinski definition) is 1. The zero-order valence-corrected chi connectivity index (χ0v) is 31.1. The number of carbonyl (C=O) groups excluding carboxylic acids is 1. The Morgan fingerprint density at radius 3 is 1.81 bits per heavy atom. The van der Waals surface area contributed by atoms with Gasteiger partial charge in [0.2, 0.25) is 0 Å². The van der Waals surface area contributed by atoms with E-state index in [9.17, 15) is 4.79 Å². The molecule has 0 radical (unpaired) electrons. The van der Waals surface area contributed by atoms with Gasteiger partial charge in [0.05, 0.1) is 6.10 Å². The lowest BCUT2D eigenvalue weighted by Crippen LogP contribution is -2.38. The third-order valence-corrected chi connectivity index (χ3v) is 13.3. The van der Waals surface area contributed by atoms with Crippen molar-refractivity contribution in [2.45, 2.75) is 205 Å². The molecule has 1 aliphatic rings. The van der Waals surface area contributed by atoms with Gasteiger partial charge in [-0.2, -0.15) is 0 Å². The molecule has 0 aliphatic carbocycles. The molecule has 2 atom stereocenters. The van der Waals surface area contributed by atoms with Crippen LogP contribution in [-0.4, -0.2) is 45.9 Å². The quantitative estimate of drug-likeness (QED) is 0.0463. The smallest absolute Gasteiger partial charge is 0.188 e. The van der Waals surface area contributed by atoms with Gasteiger partial charge in [0.15, 0.2) is 5.12 Å². The van der Waals surface area contributed by atoms with Crippen LogP contribution in [0.15, 0.2) is 0 Å². The van der Waals surface area contributed by atoms with E-state index in [1.165, 1.54) is 166 Å². The van der Waals surface area contributed by atoms with Gasteiger partial charge in [-0.05, 0) is 50.7 Å². The largest absolute Gasteiger partial charge is 0.355 e. The van der Waals surface area contributed by atoms with Crippen molar-refractivity contribution in [3.8, 4) is 0 Å². The third kappa shape index (κ3) is 29.3. The first kappa shape index (κ1) is 41.1. The molecule has 6 heteroatoms. The molecule has 0 bridgehead atoms. The molecule has 1 aliphatic heterocycles. The zero-order chi connectivity index (χ0) is 30.9. The summed E-state index contributed by atoms with van der Waals surface area (Å²) >= 11 is 1.60. The Morgan fingerprint density at radius 2 is 1.23 bits per heavy atom. The number of thioether (sulfide) groups is 1. The maximum absolute atomic E-state index is 12.2. The zero-order valence-electron chi connectivity index (χ0n) is 29.1. The number of ether oxygens (including phenoxy) is 2. The summed E-state index contributed by atoms with van der Waals surface area (Å²) in [5, 5.41) is 0.423. The summed E-state index contributed by atoms with van der Waals surface area (Å²) in [6.07, 6.45) is 35.8. The predicted octanol–water partition coefficient (Wildman–Crippen LogP) is 11.5. The second-order valence-electron chi connectivity index (χ2n) is 13.4. The molecule has 1 saturated heterocycles. The lowest BCUT2D eigenvalue weighted by Gasteiger charge is -2.25. The van der Waals surface area contributed by atoms with E-state index in [1.54, 1.807) is 11.8 Å². The van der Waals surface area contributed by atoms with Crippen LogP contribution in [-0.2, 0) is 14.3 Å². The van der Waals surface area contributed by atoms with Crippen LogP contribution < -0.4 is 4.98 Å². The van der Waals surface area contributed by atoms with Crippen LogP contribution in [0.2, 0.25) is 12.1 Å². The summed E-state index contributed by atoms with van der Waals surface area (Å²) in [6, 6.07) is 2.68. The van der Waals surface area contributed by atoms with Gasteiger partial charge in [-0.25, -0.2) is 0 Å². The number of carbonyl (C=O) groups is 1. The molecular weight excluding hydrogens is 567 g/mol. The van der Waals surface area contributed by atoms with Crippen molar-refractivity contribution in [1.82, 2.24) is 4.98 Å². The Bertz CT molecular complexity index is 572. The highest BCUT2D eigenvalue weighted by atomic mass is 32.2. The summed E-state index contributed by atoms with van der Waals surface area (Å²) in [6.45, 7) is 6.96. The molecule has 0 aromatic heterocycles. The van der Waals surface area contributed by atoms with Gasteiger partial charge in [-0.1, -0.05) is 160 Å². The Kier molecular flexibility index (Phi) is 32.0. The minimum atomic E-state index is -0.866. The van der Waals surface area contributed by atoms with Crippen molar-refractivity contribution in [1.29, 1.82) is 0 Å². The van der Waals surface area contributed by atoms with E-state index in [4.69, 9.17) is 9.47 Å². The van der Waals surface area contributed by atoms with Gasteiger partial charge in [0.1, 0.15) is 15.8 Å². The second kappa shape index (κ2) is 33.5. The first-order valence-corrected chi connectivity index (χ1v) is 22.5. The summed E-state index contributed by atoms with van der Waals surface area (Å²) < 4.78 is 11.9. The molecule has 1 rings (SSSR count). The highest BCUT2D eigenvalue weighted by Crippen LogP contribution is 2.19. The van der Waals surface area contributed by atoms with E-state index < -0.39 is 8.96 Å². The van der Waals surface area contributed by atoms with Crippen LogP contribution in [0.3, 0.4) is 0 Å². The highest BCUT2D eigenvalue weighted by molar-refractivity contribution is 8.13. The topological polar surface area (TPSA) is 47.6 Å². The standard InChI is InChI=1S/C37H75NO3SSi/c1-3-5-7-9-11-13-14-15-16-18-20-22-24-31-40-35-41-36-27-25-33-43(38-30-29-36)34-26-32-42-37(39)28-23-21-19-17-12-10-8-6-4-2/h36,38,43H,3-35H2,1-2H3. The Hall–Kier alpha value is 0.117. The van der Waals surface area contributed by atoms with Gasteiger partial charge in [0, 0.05) is 18.8 Å². The van der Waals surface area contributed by atoms with Crippen LogP contribution >= 0.6 is 11.8 Å². The molecule has 0 aromatic rings. The second-order valence-corrected chi connectivity index (χ2v) is 17.5. The summed E-state index contributed by atoms with van der Waals surface area (Å²) in [7, 11) is -0.866. The minimum absolute atomic E-state index is 0.350. The number of unbranched alkanes of at least 4 members (excludes halogenated alkanes) is 20.